The van der Waals surface area contributed by atoms with Crippen molar-refractivity contribution in [2.45, 2.75) is 51.4 Å². The van der Waals surface area contributed by atoms with Crippen LogP contribution in [0.3, 0.4) is 0 Å². The van der Waals surface area contributed by atoms with Crippen molar-refractivity contribution in [1.82, 2.24) is 0 Å². The van der Waals surface area contributed by atoms with E-state index in [2.05, 4.69) is 0 Å². The average Bonchev–Trinajstić information content (AvgIpc) is 1.89. The predicted molar refractivity (Wildman–Crippen MR) is 79.5 cm³/mol. The molecule has 0 aromatic heterocycles. The molecule has 0 aliphatic rings. The Hall–Kier alpha value is -0.489. The van der Waals surface area contributed by atoms with Gasteiger partial charge in [0.15, 0.2) is 16.6 Å². The molecule has 2 N–H and O–H groups in total. The molecule has 0 spiro atoms. The van der Waals surface area contributed by atoms with E-state index in [0.717, 1.165) is 0 Å². The molecule has 9 heteroatoms. The monoisotopic (exact) mass is 324 g/mol. The van der Waals surface area contributed by atoms with Gasteiger partial charge in [-0.3, -0.25) is 9.59 Å². The van der Waals surface area contributed by atoms with E-state index in [9.17, 15) is 9.59 Å². The number of aliphatic carboxylic acids is 2. The summed E-state index contributed by atoms with van der Waals surface area (Å²) in [6.07, 6.45) is 0. The Kier molecular flexibility index (Phi) is 6.14. The van der Waals surface area contributed by atoms with Crippen LogP contribution in [0, 0.1) is 0 Å². The molecule has 0 saturated carbocycles. The molecular formula is C10H24O6Si3. The first-order valence-corrected chi connectivity index (χ1v) is 15.1. The van der Waals surface area contributed by atoms with Gasteiger partial charge in [0, 0.05) is 0 Å². The Balaban J connectivity index is 4.71. The van der Waals surface area contributed by atoms with Gasteiger partial charge in [0.1, 0.15) is 0 Å². The molecule has 0 amide bonds. The Morgan fingerprint density at radius 3 is 1.26 bits per heavy atom. The lowest BCUT2D eigenvalue weighted by Gasteiger charge is -2.37. The standard InChI is InChI=1S/C10H24O6Si3/c1-17(2,7-9(11)12)15-19(5,6)16-18(3,4)8-10(13)14/h7-8H2,1-6H3,(H,11,12)(H,13,14). The molecule has 0 rings (SSSR count). The van der Waals surface area contributed by atoms with Crippen LogP contribution in [0.5, 0.6) is 0 Å². The Morgan fingerprint density at radius 2 is 1.05 bits per heavy atom. The molecule has 0 radical (unpaired) electrons. The minimum absolute atomic E-state index is 0.0215. The van der Waals surface area contributed by atoms with Crippen molar-refractivity contribution in [1.29, 1.82) is 0 Å². The molecule has 0 saturated heterocycles. The van der Waals surface area contributed by atoms with Crippen molar-refractivity contribution < 1.29 is 28.0 Å². The molecule has 6 nitrogen and oxygen atoms in total. The van der Waals surface area contributed by atoms with Crippen molar-refractivity contribution in [3.05, 3.63) is 0 Å². The van der Waals surface area contributed by atoms with E-state index in [4.69, 9.17) is 18.4 Å². The van der Waals surface area contributed by atoms with Crippen molar-refractivity contribution in [2.75, 3.05) is 0 Å². The third-order valence-electron chi connectivity index (χ3n) is 2.20. The van der Waals surface area contributed by atoms with Gasteiger partial charge in [-0.05, 0) is 39.3 Å². The summed E-state index contributed by atoms with van der Waals surface area (Å²) in [5.41, 5.74) is 0. The number of carboxylic acids is 2. The summed E-state index contributed by atoms with van der Waals surface area (Å²) in [5.74, 6) is -1.74. The first-order chi connectivity index (χ1) is 8.25. The first-order valence-electron chi connectivity index (χ1n) is 6.09. The van der Waals surface area contributed by atoms with Crippen molar-refractivity contribution in [3.63, 3.8) is 0 Å². The summed E-state index contributed by atoms with van der Waals surface area (Å²) in [4.78, 5) is 21.6. The number of hydrogen-bond donors (Lipinski definition) is 2. The predicted octanol–water partition coefficient (Wildman–Crippen LogP) is 2.30. The van der Waals surface area contributed by atoms with Crippen molar-refractivity contribution in [2.24, 2.45) is 0 Å². The van der Waals surface area contributed by atoms with E-state index in [1.165, 1.54) is 0 Å². The van der Waals surface area contributed by atoms with Crippen LogP contribution < -0.4 is 0 Å². The smallest absolute Gasteiger partial charge is 0.311 e. The quantitative estimate of drug-likeness (QED) is 0.665. The largest absolute Gasteiger partial charge is 0.481 e. The highest BCUT2D eigenvalue weighted by Crippen LogP contribution is 2.24. The van der Waals surface area contributed by atoms with Gasteiger partial charge < -0.3 is 18.4 Å². The number of carboxylic acid groups (broad SMARTS) is 2. The highest BCUT2D eigenvalue weighted by Gasteiger charge is 2.41. The maximum atomic E-state index is 10.8. The summed E-state index contributed by atoms with van der Waals surface area (Å²) in [6, 6.07) is 0.0431. The molecule has 0 aromatic rings. The second kappa shape index (κ2) is 6.31. The van der Waals surface area contributed by atoms with Gasteiger partial charge in [-0.25, -0.2) is 0 Å². The van der Waals surface area contributed by atoms with Crippen LogP contribution in [-0.4, -0.2) is 47.3 Å². The van der Waals surface area contributed by atoms with E-state index in [1.807, 2.05) is 39.3 Å². The lowest BCUT2D eigenvalue weighted by molar-refractivity contribution is -0.135. The van der Waals surface area contributed by atoms with Crippen LogP contribution in [0.15, 0.2) is 0 Å². The van der Waals surface area contributed by atoms with Gasteiger partial charge in [-0.15, -0.1) is 0 Å². The van der Waals surface area contributed by atoms with Crippen LogP contribution in [0.2, 0.25) is 51.4 Å². The summed E-state index contributed by atoms with van der Waals surface area (Å²) >= 11 is 0. The molecule has 0 unspecified atom stereocenters. The second-order valence-electron chi connectivity index (χ2n) is 6.26. The first kappa shape index (κ1) is 18.5. The lowest BCUT2D eigenvalue weighted by atomic mass is 10.8. The summed E-state index contributed by atoms with van der Waals surface area (Å²) in [6.45, 7) is 11.0. The molecule has 0 bridgehead atoms. The minimum Gasteiger partial charge on any atom is -0.481 e. The lowest BCUT2D eigenvalue weighted by Crippen LogP contribution is -2.53. The topological polar surface area (TPSA) is 93.1 Å². The molecule has 0 atom stereocenters. The normalized spacial score (nSPS) is 13.4. The Morgan fingerprint density at radius 1 is 0.789 bits per heavy atom. The molecule has 0 aromatic carbocycles. The highest BCUT2D eigenvalue weighted by molar-refractivity contribution is 6.89. The van der Waals surface area contributed by atoms with Gasteiger partial charge in [-0.1, -0.05) is 0 Å². The maximum Gasteiger partial charge on any atom is 0.311 e. The third-order valence-corrected chi connectivity index (χ3v) is 12.9. The summed E-state index contributed by atoms with van der Waals surface area (Å²) in [5, 5.41) is 17.7. The molecule has 0 fully saturated rings. The fourth-order valence-electron chi connectivity index (χ4n) is 2.15. The van der Waals surface area contributed by atoms with Crippen LogP contribution in [0.4, 0.5) is 0 Å². The molecule has 0 aliphatic carbocycles. The summed E-state index contributed by atoms with van der Waals surface area (Å²) in [7, 11) is -7.17. The average molecular weight is 325 g/mol. The van der Waals surface area contributed by atoms with Crippen LogP contribution in [0.1, 0.15) is 0 Å². The summed E-state index contributed by atoms with van der Waals surface area (Å²) < 4.78 is 11.9. The molecule has 0 aliphatic heterocycles. The van der Waals surface area contributed by atoms with Crippen molar-refractivity contribution in [3.8, 4) is 0 Å². The van der Waals surface area contributed by atoms with Crippen LogP contribution >= 0.6 is 0 Å². The van der Waals surface area contributed by atoms with Crippen molar-refractivity contribution >= 4 is 37.1 Å². The zero-order valence-corrected chi connectivity index (χ0v) is 15.4. The van der Waals surface area contributed by atoms with E-state index < -0.39 is 37.1 Å². The van der Waals surface area contributed by atoms with E-state index >= 15 is 0 Å². The van der Waals surface area contributed by atoms with E-state index in [1.54, 1.807) is 0 Å². The molecule has 19 heavy (non-hydrogen) atoms. The van der Waals surface area contributed by atoms with E-state index in [0.29, 0.717) is 0 Å². The molecular weight excluding hydrogens is 300 g/mol. The SMILES string of the molecule is C[Si](C)(CC(=O)O)O[Si](C)(C)O[Si](C)(C)CC(=O)O. The van der Waals surface area contributed by atoms with Crippen LogP contribution in [-0.2, 0) is 17.8 Å². The highest BCUT2D eigenvalue weighted by atomic mass is 28.5. The zero-order chi connectivity index (χ0) is 15.5. The minimum atomic E-state index is -2.51. The number of hydrogen-bond acceptors (Lipinski definition) is 4. The van der Waals surface area contributed by atoms with Gasteiger partial charge in [0.25, 0.3) is 0 Å². The molecule has 0 heterocycles. The van der Waals surface area contributed by atoms with Gasteiger partial charge in [0.05, 0.1) is 12.1 Å². The van der Waals surface area contributed by atoms with Gasteiger partial charge in [-0.2, -0.15) is 0 Å². The Bertz CT molecular complexity index is 321. The number of rotatable bonds is 8. The van der Waals surface area contributed by atoms with Crippen LogP contribution in [0.25, 0.3) is 0 Å². The van der Waals surface area contributed by atoms with E-state index in [-0.39, 0.29) is 12.1 Å². The Labute approximate surface area is 117 Å². The maximum absolute atomic E-state index is 10.8. The second-order valence-corrected chi connectivity index (χ2v) is 18.4. The molecule has 112 valence electrons. The fourth-order valence-corrected chi connectivity index (χ4v) is 15.4. The fraction of sp³-hybridized carbons (Fsp3) is 0.800. The third kappa shape index (κ3) is 9.10. The van der Waals surface area contributed by atoms with Gasteiger partial charge in [0.2, 0.25) is 0 Å². The zero-order valence-electron chi connectivity index (χ0n) is 12.4. The number of carbonyl (C=O) groups is 2. The van der Waals surface area contributed by atoms with Gasteiger partial charge >= 0.3 is 20.5 Å².